The summed E-state index contributed by atoms with van der Waals surface area (Å²) in [6.45, 7) is 0.772. The summed E-state index contributed by atoms with van der Waals surface area (Å²) in [6.07, 6.45) is 6.32. The summed E-state index contributed by atoms with van der Waals surface area (Å²) in [7, 11) is 0. The van der Waals surface area contributed by atoms with E-state index in [1.54, 1.807) is 0 Å². The summed E-state index contributed by atoms with van der Waals surface area (Å²) in [5, 5.41) is 4.86. The second-order valence-corrected chi connectivity index (χ2v) is 6.99. The number of nitrogens with zero attached hydrogens (tertiary/aromatic N) is 1. The lowest BCUT2D eigenvalue weighted by atomic mass is 10.0. The summed E-state index contributed by atoms with van der Waals surface area (Å²) in [6, 6.07) is 8.56. The van der Waals surface area contributed by atoms with Gasteiger partial charge in [0.2, 0.25) is 0 Å². The van der Waals surface area contributed by atoms with Crippen molar-refractivity contribution in [3.05, 3.63) is 29.8 Å². The highest BCUT2D eigenvalue weighted by atomic mass is 32.2. The van der Waals surface area contributed by atoms with E-state index in [1.165, 1.54) is 37.0 Å². The molecule has 1 saturated carbocycles. The van der Waals surface area contributed by atoms with Crippen LogP contribution < -0.4 is 10.1 Å². The van der Waals surface area contributed by atoms with Crippen LogP contribution in [-0.4, -0.2) is 23.1 Å². The quantitative estimate of drug-likeness (QED) is 0.858. The maximum Gasteiger partial charge on any atom is 0.157 e. The van der Waals surface area contributed by atoms with Crippen molar-refractivity contribution in [2.24, 2.45) is 4.99 Å². The van der Waals surface area contributed by atoms with Crippen molar-refractivity contribution in [1.29, 1.82) is 0 Å². The van der Waals surface area contributed by atoms with E-state index >= 15 is 0 Å². The standard InChI is InChI=1S/C16H20N2OS/c1-2-6-14-12(5-1)13(7-10-19-14)17-15-18-16(11-20-15)8-3-4-9-16/h1-2,5-6,13H,3-4,7-11H2,(H,17,18). The second-order valence-electron chi connectivity index (χ2n) is 6.03. The van der Waals surface area contributed by atoms with Crippen LogP contribution in [0.15, 0.2) is 29.3 Å². The monoisotopic (exact) mass is 288 g/mol. The van der Waals surface area contributed by atoms with E-state index in [0.29, 0.717) is 5.54 Å². The average Bonchev–Trinajstić information content (AvgIpc) is 3.10. The van der Waals surface area contributed by atoms with Gasteiger partial charge in [-0.25, -0.2) is 0 Å². The van der Waals surface area contributed by atoms with Crippen molar-refractivity contribution in [3.8, 4) is 5.75 Å². The molecule has 1 atom stereocenters. The topological polar surface area (TPSA) is 33.6 Å². The van der Waals surface area contributed by atoms with Gasteiger partial charge in [0.25, 0.3) is 0 Å². The molecule has 1 N–H and O–H groups in total. The molecule has 4 rings (SSSR count). The molecule has 0 radical (unpaired) electrons. The van der Waals surface area contributed by atoms with Crippen molar-refractivity contribution >= 4 is 16.9 Å². The van der Waals surface area contributed by atoms with Crippen LogP contribution in [-0.2, 0) is 0 Å². The number of hydrogen-bond acceptors (Lipinski definition) is 3. The molecule has 106 valence electrons. The number of nitrogens with one attached hydrogen (secondary N) is 1. The largest absolute Gasteiger partial charge is 0.493 e. The van der Waals surface area contributed by atoms with E-state index in [1.807, 2.05) is 17.8 Å². The molecule has 0 amide bonds. The Kier molecular flexibility index (Phi) is 3.14. The molecule has 2 aliphatic heterocycles. The summed E-state index contributed by atoms with van der Waals surface area (Å²) >= 11 is 1.90. The predicted octanol–water partition coefficient (Wildman–Crippen LogP) is 3.52. The molecule has 2 heterocycles. The Morgan fingerprint density at radius 1 is 1.25 bits per heavy atom. The minimum atomic E-state index is 0.256. The molecule has 2 fully saturated rings. The molecule has 1 aromatic rings. The maximum absolute atomic E-state index is 5.71. The van der Waals surface area contributed by atoms with Crippen molar-refractivity contribution in [2.45, 2.75) is 43.7 Å². The summed E-state index contributed by atoms with van der Waals surface area (Å²) in [5.74, 6) is 2.20. The van der Waals surface area contributed by atoms with Gasteiger partial charge < -0.3 is 10.1 Å². The van der Waals surface area contributed by atoms with Gasteiger partial charge in [0.15, 0.2) is 5.17 Å². The van der Waals surface area contributed by atoms with E-state index < -0.39 is 0 Å². The lowest BCUT2D eigenvalue weighted by Crippen LogP contribution is -2.40. The average molecular weight is 288 g/mol. The maximum atomic E-state index is 5.71. The van der Waals surface area contributed by atoms with Crippen LogP contribution in [0.5, 0.6) is 5.75 Å². The molecule has 1 unspecified atom stereocenters. The normalized spacial score (nSPS) is 29.2. The van der Waals surface area contributed by atoms with Crippen molar-refractivity contribution < 1.29 is 4.74 Å². The van der Waals surface area contributed by atoms with Crippen LogP contribution in [0, 0.1) is 0 Å². The molecule has 0 aromatic heterocycles. The number of thioether (sulfide) groups is 1. The Hall–Kier alpha value is -1.16. The summed E-state index contributed by atoms with van der Waals surface area (Å²) < 4.78 is 5.71. The predicted molar refractivity (Wildman–Crippen MR) is 83.5 cm³/mol. The van der Waals surface area contributed by atoms with E-state index in [9.17, 15) is 0 Å². The van der Waals surface area contributed by atoms with Gasteiger partial charge in [-0.3, -0.25) is 4.99 Å². The lowest BCUT2D eigenvalue weighted by Gasteiger charge is -2.24. The molecule has 4 heteroatoms. The minimum absolute atomic E-state index is 0.256. The highest BCUT2D eigenvalue weighted by Gasteiger charge is 2.40. The Balaban J connectivity index is 1.56. The highest BCUT2D eigenvalue weighted by molar-refractivity contribution is 8.14. The van der Waals surface area contributed by atoms with Crippen LogP contribution in [0.1, 0.15) is 43.7 Å². The third kappa shape index (κ3) is 2.20. The van der Waals surface area contributed by atoms with Gasteiger partial charge in [-0.15, -0.1) is 0 Å². The van der Waals surface area contributed by atoms with Crippen LogP contribution in [0.3, 0.4) is 0 Å². The molecule has 3 aliphatic rings. The molecule has 0 bridgehead atoms. The lowest BCUT2D eigenvalue weighted by molar-refractivity contribution is 0.269. The summed E-state index contributed by atoms with van der Waals surface area (Å²) in [4.78, 5) is 4.98. The van der Waals surface area contributed by atoms with E-state index in [-0.39, 0.29) is 6.04 Å². The first-order valence-corrected chi connectivity index (χ1v) is 8.54. The number of rotatable bonds is 1. The first kappa shape index (κ1) is 12.6. The Morgan fingerprint density at radius 2 is 2.10 bits per heavy atom. The fourth-order valence-electron chi connectivity index (χ4n) is 3.50. The number of ether oxygens (including phenoxy) is 1. The number of para-hydroxylation sites is 1. The summed E-state index contributed by atoms with van der Waals surface area (Å²) in [5.41, 5.74) is 1.59. The van der Waals surface area contributed by atoms with Crippen LogP contribution >= 0.6 is 11.8 Å². The van der Waals surface area contributed by atoms with Gasteiger partial charge in [-0.2, -0.15) is 0 Å². The number of benzene rings is 1. The number of fused-ring (bicyclic) bond motifs is 1. The zero-order valence-electron chi connectivity index (χ0n) is 11.6. The molecule has 3 nitrogen and oxygen atoms in total. The Morgan fingerprint density at radius 3 is 3.00 bits per heavy atom. The zero-order valence-corrected chi connectivity index (χ0v) is 12.4. The van der Waals surface area contributed by atoms with Crippen molar-refractivity contribution in [1.82, 2.24) is 5.32 Å². The van der Waals surface area contributed by atoms with Gasteiger partial charge in [0.05, 0.1) is 12.6 Å². The smallest absolute Gasteiger partial charge is 0.157 e. The van der Waals surface area contributed by atoms with Gasteiger partial charge >= 0.3 is 0 Å². The third-order valence-corrected chi connectivity index (χ3v) is 5.80. The number of hydrogen-bond donors (Lipinski definition) is 1. The van der Waals surface area contributed by atoms with Gasteiger partial charge in [-0.1, -0.05) is 42.8 Å². The van der Waals surface area contributed by atoms with E-state index in [4.69, 9.17) is 9.73 Å². The number of amidine groups is 1. The first-order valence-electron chi connectivity index (χ1n) is 7.55. The van der Waals surface area contributed by atoms with Crippen molar-refractivity contribution in [3.63, 3.8) is 0 Å². The fraction of sp³-hybridized carbons (Fsp3) is 0.562. The van der Waals surface area contributed by atoms with E-state index in [2.05, 4.69) is 23.5 Å². The molecule has 1 aromatic carbocycles. The first-order chi connectivity index (χ1) is 9.85. The molecule has 1 aliphatic carbocycles. The van der Waals surface area contributed by atoms with Gasteiger partial charge in [0, 0.05) is 23.3 Å². The molecular formula is C16H20N2OS. The van der Waals surface area contributed by atoms with Gasteiger partial charge in [-0.05, 0) is 18.9 Å². The molecule has 20 heavy (non-hydrogen) atoms. The van der Waals surface area contributed by atoms with Crippen molar-refractivity contribution in [2.75, 3.05) is 12.4 Å². The molecule has 1 spiro atoms. The SMILES string of the molecule is c1ccc2c(c1)OCCC2N=C1NC2(CCCC2)CS1. The van der Waals surface area contributed by atoms with Gasteiger partial charge in [0.1, 0.15) is 5.75 Å². The van der Waals surface area contributed by atoms with E-state index in [0.717, 1.165) is 23.9 Å². The van der Waals surface area contributed by atoms with Crippen LogP contribution in [0.4, 0.5) is 0 Å². The zero-order chi connectivity index (χ0) is 13.4. The highest BCUT2D eigenvalue weighted by Crippen LogP contribution is 2.40. The third-order valence-electron chi connectivity index (χ3n) is 4.62. The van der Waals surface area contributed by atoms with Crippen LogP contribution in [0.2, 0.25) is 0 Å². The second kappa shape index (κ2) is 4.99. The molecular weight excluding hydrogens is 268 g/mol. The Bertz CT molecular complexity index is 537. The molecule has 1 saturated heterocycles. The fourth-order valence-corrected chi connectivity index (χ4v) is 4.76. The minimum Gasteiger partial charge on any atom is -0.493 e. The van der Waals surface area contributed by atoms with Crippen LogP contribution in [0.25, 0.3) is 0 Å². The Labute approximate surface area is 124 Å². The number of aliphatic imine (C=N–C) groups is 1.